The Morgan fingerprint density at radius 3 is 2.61 bits per heavy atom. The van der Waals surface area contributed by atoms with Gasteiger partial charge >= 0.3 is 0 Å². The largest absolute Gasteiger partial charge is 0.377 e. The number of hydrogen-bond acceptors (Lipinski definition) is 4. The van der Waals surface area contributed by atoms with Crippen molar-refractivity contribution in [1.29, 1.82) is 0 Å². The Morgan fingerprint density at radius 1 is 0.970 bits per heavy atom. The minimum Gasteiger partial charge on any atom is -0.377 e. The predicted octanol–water partition coefficient (Wildman–Crippen LogP) is 5.82. The van der Waals surface area contributed by atoms with Crippen molar-refractivity contribution in [2.24, 2.45) is 5.92 Å². The number of rotatable bonds is 3. The Hall–Kier alpha value is -3.09. The summed E-state index contributed by atoms with van der Waals surface area (Å²) >= 11 is 0. The first-order valence-electron chi connectivity index (χ1n) is 11.4. The number of ether oxygens (including phenoxy) is 1. The van der Waals surface area contributed by atoms with Crippen LogP contribution in [0, 0.1) is 12.8 Å². The number of nitrogens with one attached hydrogen (secondary N) is 1. The highest BCUT2D eigenvalue weighted by molar-refractivity contribution is 7.90. The molecule has 0 unspecified atom stereocenters. The number of fused-ring (bicyclic) bond motifs is 4. The van der Waals surface area contributed by atoms with Gasteiger partial charge in [0.25, 0.3) is 10.0 Å². The molecule has 0 aliphatic carbocycles. The summed E-state index contributed by atoms with van der Waals surface area (Å²) in [5.74, 6) is 0.228. The molecule has 2 aliphatic heterocycles. The third kappa shape index (κ3) is 3.28. The van der Waals surface area contributed by atoms with E-state index < -0.39 is 10.0 Å². The zero-order valence-corrected chi connectivity index (χ0v) is 19.3. The quantitative estimate of drug-likeness (QED) is 0.420. The maximum atomic E-state index is 13.6. The van der Waals surface area contributed by atoms with Crippen LogP contribution in [-0.2, 0) is 14.8 Å². The summed E-state index contributed by atoms with van der Waals surface area (Å²) in [6.07, 6.45) is 3.85. The summed E-state index contributed by atoms with van der Waals surface area (Å²) in [4.78, 5) is 0.286. The second-order valence-electron chi connectivity index (χ2n) is 9.03. The molecule has 0 radical (unpaired) electrons. The van der Waals surface area contributed by atoms with Crippen LogP contribution in [0.2, 0.25) is 0 Å². The number of aromatic nitrogens is 1. The summed E-state index contributed by atoms with van der Waals surface area (Å²) in [5, 5.41) is 4.70. The normalized spacial score (nSPS) is 22.4. The van der Waals surface area contributed by atoms with Gasteiger partial charge in [0.2, 0.25) is 0 Å². The summed E-state index contributed by atoms with van der Waals surface area (Å²) < 4.78 is 34.9. The molecule has 0 saturated carbocycles. The Bertz CT molecular complexity index is 1440. The van der Waals surface area contributed by atoms with Crippen LogP contribution in [0.3, 0.4) is 0 Å². The molecule has 0 spiro atoms. The van der Waals surface area contributed by atoms with E-state index >= 15 is 0 Å². The molecule has 0 bridgehead atoms. The van der Waals surface area contributed by atoms with Crippen molar-refractivity contribution in [3.05, 3.63) is 95.7 Å². The number of para-hydroxylation sites is 1. The fourth-order valence-electron chi connectivity index (χ4n) is 5.43. The van der Waals surface area contributed by atoms with E-state index in [0.717, 1.165) is 36.1 Å². The van der Waals surface area contributed by atoms with E-state index in [2.05, 4.69) is 30.4 Å². The minimum atomic E-state index is -3.72. The molecule has 3 heterocycles. The minimum absolute atomic E-state index is 0.00717. The first kappa shape index (κ1) is 20.5. The topological polar surface area (TPSA) is 60.3 Å². The molecule has 3 aromatic carbocycles. The summed E-state index contributed by atoms with van der Waals surface area (Å²) in [6, 6.07) is 22.8. The maximum absolute atomic E-state index is 13.6. The van der Waals surface area contributed by atoms with Crippen molar-refractivity contribution >= 4 is 26.6 Å². The van der Waals surface area contributed by atoms with Crippen molar-refractivity contribution < 1.29 is 13.2 Å². The second kappa shape index (κ2) is 7.75. The Kier molecular flexibility index (Phi) is 4.82. The zero-order chi connectivity index (χ0) is 22.6. The van der Waals surface area contributed by atoms with Crippen LogP contribution in [-0.4, -0.2) is 19.0 Å². The summed E-state index contributed by atoms with van der Waals surface area (Å²) in [5.41, 5.74) is 5.18. The third-order valence-corrected chi connectivity index (χ3v) is 8.65. The van der Waals surface area contributed by atoms with Gasteiger partial charge in [-0.1, -0.05) is 54.1 Å². The molecule has 33 heavy (non-hydrogen) atoms. The molecule has 1 N–H and O–H groups in total. The lowest BCUT2D eigenvalue weighted by Crippen LogP contribution is -2.36. The standard InChI is InChI=1S/C27H26N2O3S/c1-18-13-14-24-22(16-18)27-21(11-7-15-32-27)26(28-24)23-17-29(25-12-6-5-10-20(23)25)33(30,31)19-8-3-2-4-9-19/h2-6,8-10,12-14,16-17,21,26-28H,7,11,15H2,1H3/t21-,26-,27-/m0/s1. The molecule has 1 fully saturated rings. The molecule has 5 nitrogen and oxygen atoms in total. The lowest BCUT2D eigenvalue weighted by molar-refractivity contribution is -0.0380. The van der Waals surface area contributed by atoms with Crippen molar-refractivity contribution in [1.82, 2.24) is 3.97 Å². The van der Waals surface area contributed by atoms with E-state index in [1.54, 1.807) is 24.3 Å². The lowest BCUT2D eigenvalue weighted by atomic mass is 9.77. The van der Waals surface area contributed by atoms with Gasteiger partial charge in [0.05, 0.1) is 22.6 Å². The van der Waals surface area contributed by atoms with Gasteiger partial charge in [-0.15, -0.1) is 0 Å². The van der Waals surface area contributed by atoms with Gasteiger partial charge in [0.15, 0.2) is 0 Å². The Balaban J connectivity index is 1.53. The Labute approximate surface area is 194 Å². The average molecular weight is 459 g/mol. The van der Waals surface area contributed by atoms with E-state index in [1.165, 1.54) is 15.1 Å². The highest BCUT2D eigenvalue weighted by atomic mass is 32.2. The van der Waals surface area contributed by atoms with E-state index in [9.17, 15) is 8.42 Å². The van der Waals surface area contributed by atoms with Gasteiger partial charge in [-0.25, -0.2) is 12.4 Å². The van der Waals surface area contributed by atoms with Crippen LogP contribution in [0.15, 0.2) is 83.9 Å². The van der Waals surface area contributed by atoms with Gasteiger partial charge in [0, 0.05) is 40.9 Å². The fourth-order valence-corrected chi connectivity index (χ4v) is 6.82. The van der Waals surface area contributed by atoms with Crippen molar-refractivity contribution in [2.45, 2.75) is 36.8 Å². The molecule has 6 rings (SSSR count). The van der Waals surface area contributed by atoms with E-state index in [0.29, 0.717) is 5.52 Å². The molecule has 4 aromatic rings. The first-order valence-corrected chi connectivity index (χ1v) is 12.9. The van der Waals surface area contributed by atoms with Gasteiger partial charge < -0.3 is 10.1 Å². The average Bonchev–Trinajstić information content (AvgIpc) is 3.25. The van der Waals surface area contributed by atoms with Crippen LogP contribution in [0.1, 0.15) is 41.7 Å². The van der Waals surface area contributed by atoms with E-state index in [4.69, 9.17) is 4.74 Å². The van der Waals surface area contributed by atoms with E-state index in [1.807, 2.05) is 36.5 Å². The van der Waals surface area contributed by atoms with Crippen LogP contribution in [0.4, 0.5) is 5.69 Å². The third-order valence-electron chi connectivity index (χ3n) is 6.96. The SMILES string of the molecule is Cc1ccc2c(c1)[C@H]1OCCC[C@H]1[C@@H](c1cn(S(=O)(=O)c3ccccc3)c3ccccc13)N2. The van der Waals surface area contributed by atoms with Crippen molar-refractivity contribution in [3.8, 4) is 0 Å². The van der Waals surface area contributed by atoms with Crippen LogP contribution >= 0.6 is 0 Å². The molecule has 0 amide bonds. The summed E-state index contributed by atoms with van der Waals surface area (Å²) in [7, 11) is -3.72. The number of aryl methyl sites for hydroxylation is 1. The molecule has 6 heteroatoms. The number of hydrogen-bond donors (Lipinski definition) is 1. The van der Waals surface area contributed by atoms with Crippen LogP contribution in [0.5, 0.6) is 0 Å². The predicted molar refractivity (Wildman–Crippen MR) is 130 cm³/mol. The monoisotopic (exact) mass is 458 g/mol. The summed E-state index contributed by atoms with van der Waals surface area (Å²) in [6.45, 7) is 2.86. The smallest absolute Gasteiger partial charge is 0.268 e. The van der Waals surface area contributed by atoms with Gasteiger partial charge in [-0.2, -0.15) is 0 Å². The molecule has 1 saturated heterocycles. The second-order valence-corrected chi connectivity index (χ2v) is 10.8. The number of nitrogens with zero attached hydrogens (tertiary/aromatic N) is 1. The highest BCUT2D eigenvalue weighted by Gasteiger charge is 2.41. The van der Waals surface area contributed by atoms with Crippen LogP contribution < -0.4 is 5.32 Å². The van der Waals surface area contributed by atoms with Crippen molar-refractivity contribution in [2.75, 3.05) is 11.9 Å². The molecular weight excluding hydrogens is 432 g/mol. The number of benzene rings is 3. The van der Waals surface area contributed by atoms with E-state index in [-0.39, 0.29) is 23.0 Å². The van der Waals surface area contributed by atoms with Gasteiger partial charge in [-0.3, -0.25) is 0 Å². The number of anilines is 1. The molecular formula is C27H26N2O3S. The fraction of sp³-hybridized carbons (Fsp3) is 0.259. The Morgan fingerprint density at radius 2 is 1.76 bits per heavy atom. The zero-order valence-electron chi connectivity index (χ0n) is 18.4. The van der Waals surface area contributed by atoms with Crippen molar-refractivity contribution in [3.63, 3.8) is 0 Å². The molecule has 168 valence electrons. The maximum Gasteiger partial charge on any atom is 0.268 e. The molecule has 3 atom stereocenters. The lowest BCUT2D eigenvalue weighted by Gasteiger charge is -2.43. The molecule has 2 aliphatic rings. The highest BCUT2D eigenvalue weighted by Crippen LogP contribution is 2.50. The molecule has 1 aromatic heterocycles. The van der Waals surface area contributed by atoms with Gasteiger partial charge in [0.1, 0.15) is 0 Å². The van der Waals surface area contributed by atoms with Crippen LogP contribution in [0.25, 0.3) is 10.9 Å². The first-order chi connectivity index (χ1) is 16.0. The van der Waals surface area contributed by atoms with Gasteiger partial charge in [-0.05, 0) is 44.0 Å².